The quantitative estimate of drug-likeness (QED) is 0.351. The molecule has 2 aliphatic heterocycles. The van der Waals surface area contributed by atoms with Crippen LogP contribution in [-0.4, -0.2) is 94.3 Å². The van der Waals surface area contributed by atoms with Crippen LogP contribution in [0.3, 0.4) is 0 Å². The van der Waals surface area contributed by atoms with E-state index in [1.54, 1.807) is 16.7 Å². The van der Waals surface area contributed by atoms with Crippen LogP contribution in [0.2, 0.25) is 0 Å². The van der Waals surface area contributed by atoms with E-state index in [1.165, 1.54) is 0 Å². The molecule has 3 heterocycles. The summed E-state index contributed by atoms with van der Waals surface area (Å²) in [5.74, 6) is 0.716. The summed E-state index contributed by atoms with van der Waals surface area (Å²) in [5.41, 5.74) is 10.2. The van der Waals surface area contributed by atoms with E-state index in [-0.39, 0.29) is 36.4 Å². The predicted octanol–water partition coefficient (Wildman–Crippen LogP) is 1.48. The summed E-state index contributed by atoms with van der Waals surface area (Å²) in [6.45, 7) is 3.35. The number of nitrogens with zero attached hydrogens (tertiary/aromatic N) is 5. The van der Waals surface area contributed by atoms with Gasteiger partial charge in [0.2, 0.25) is 11.8 Å². The summed E-state index contributed by atoms with van der Waals surface area (Å²) in [6, 6.07) is 12.5. The molecule has 3 N–H and O–H groups in total. The van der Waals surface area contributed by atoms with Gasteiger partial charge in [0.15, 0.2) is 5.78 Å². The summed E-state index contributed by atoms with van der Waals surface area (Å²) in [5, 5.41) is 11.5. The maximum atomic E-state index is 13.6. The van der Waals surface area contributed by atoms with Crippen molar-refractivity contribution in [1.29, 1.82) is 0 Å². The zero-order valence-electron chi connectivity index (χ0n) is 24.5. The SMILES string of the molecule is COc1ccc(C[C@@H]2C[C@@H](C(=O)CCc3ccc4c(c3)nnn4C)N(C(=O)[C@H](N)CCC(=O)N3CCNCC3)C2)cc1. The molecule has 224 valence electrons. The maximum absolute atomic E-state index is 13.6. The number of amides is 2. The van der Waals surface area contributed by atoms with Gasteiger partial charge in [0, 0.05) is 52.6 Å². The van der Waals surface area contributed by atoms with Crippen LogP contribution in [0, 0.1) is 5.92 Å². The van der Waals surface area contributed by atoms with Gasteiger partial charge in [-0.15, -0.1) is 5.10 Å². The molecule has 0 spiro atoms. The Balaban J connectivity index is 1.24. The Labute approximate surface area is 246 Å². The van der Waals surface area contributed by atoms with Crippen molar-refractivity contribution in [3.05, 3.63) is 53.6 Å². The Kier molecular flexibility index (Phi) is 9.48. The van der Waals surface area contributed by atoms with Crippen LogP contribution < -0.4 is 15.8 Å². The fourth-order valence-corrected chi connectivity index (χ4v) is 6.08. The minimum absolute atomic E-state index is 0.0197. The van der Waals surface area contributed by atoms with E-state index in [4.69, 9.17) is 10.5 Å². The number of aromatic nitrogens is 3. The van der Waals surface area contributed by atoms with Gasteiger partial charge in [-0.3, -0.25) is 14.4 Å². The Morgan fingerprint density at radius 3 is 2.55 bits per heavy atom. The van der Waals surface area contributed by atoms with Gasteiger partial charge in [-0.1, -0.05) is 23.4 Å². The molecule has 2 fully saturated rings. The van der Waals surface area contributed by atoms with Crippen molar-refractivity contribution >= 4 is 28.6 Å². The molecule has 0 radical (unpaired) electrons. The van der Waals surface area contributed by atoms with Crippen LogP contribution in [-0.2, 0) is 34.3 Å². The fourth-order valence-electron chi connectivity index (χ4n) is 6.08. The van der Waals surface area contributed by atoms with Crippen molar-refractivity contribution in [3.8, 4) is 5.75 Å². The maximum Gasteiger partial charge on any atom is 0.240 e. The summed E-state index contributed by atoms with van der Waals surface area (Å²) >= 11 is 0. The third-order valence-electron chi connectivity index (χ3n) is 8.52. The Morgan fingerprint density at radius 1 is 1.07 bits per heavy atom. The lowest BCUT2D eigenvalue weighted by Crippen LogP contribution is -2.49. The minimum atomic E-state index is -0.828. The first kappa shape index (κ1) is 29.7. The summed E-state index contributed by atoms with van der Waals surface area (Å²) in [4.78, 5) is 43.4. The molecule has 2 amide bonds. The topological polar surface area (TPSA) is 136 Å². The van der Waals surface area contributed by atoms with E-state index >= 15 is 0 Å². The van der Waals surface area contributed by atoms with Gasteiger partial charge in [0.1, 0.15) is 11.3 Å². The molecule has 1 aromatic heterocycles. The number of nitrogens with two attached hydrogens (primary N) is 1. The average molecular weight is 576 g/mol. The standard InChI is InChI=1S/C31H41N7O4/c1-36-27-10-5-22(18-26(27)34-35-36)6-11-29(39)28-19-23(17-21-3-7-24(42-2)8-4-21)20-38(28)31(41)25(32)9-12-30(40)37-15-13-33-14-16-37/h3-5,7-8,10,18,23,25,28,33H,6,9,11-17,19-20,32H2,1-2H3/t23-,25-,28+/m1/s1. The molecule has 0 aliphatic carbocycles. The fraction of sp³-hybridized carbons (Fsp3) is 0.516. The smallest absolute Gasteiger partial charge is 0.240 e. The molecular weight excluding hydrogens is 534 g/mol. The number of likely N-dealkylation sites (tertiary alicyclic amines) is 1. The van der Waals surface area contributed by atoms with Crippen molar-refractivity contribution in [2.45, 2.75) is 50.6 Å². The van der Waals surface area contributed by atoms with Crippen molar-refractivity contribution in [1.82, 2.24) is 30.1 Å². The molecule has 11 nitrogen and oxygen atoms in total. The zero-order valence-corrected chi connectivity index (χ0v) is 24.5. The highest BCUT2D eigenvalue weighted by Crippen LogP contribution is 2.30. The largest absolute Gasteiger partial charge is 0.497 e. The van der Waals surface area contributed by atoms with Gasteiger partial charge in [-0.2, -0.15) is 0 Å². The van der Waals surface area contributed by atoms with Gasteiger partial charge in [0.25, 0.3) is 0 Å². The highest BCUT2D eigenvalue weighted by atomic mass is 16.5. The third-order valence-corrected chi connectivity index (χ3v) is 8.52. The number of ether oxygens (including phenoxy) is 1. The average Bonchev–Trinajstić information content (AvgIpc) is 3.62. The summed E-state index contributed by atoms with van der Waals surface area (Å²) in [6.07, 6.45) is 2.69. The third kappa shape index (κ3) is 6.96. The highest BCUT2D eigenvalue weighted by molar-refractivity contribution is 5.92. The van der Waals surface area contributed by atoms with Gasteiger partial charge in [-0.05, 0) is 67.0 Å². The number of aryl methyl sites for hydroxylation is 2. The number of piperazine rings is 1. The lowest BCUT2D eigenvalue weighted by atomic mass is 9.94. The molecule has 0 unspecified atom stereocenters. The van der Waals surface area contributed by atoms with Crippen molar-refractivity contribution in [3.63, 3.8) is 0 Å². The van der Waals surface area contributed by atoms with Crippen LogP contribution in [0.25, 0.3) is 11.0 Å². The number of methoxy groups -OCH3 is 1. The first-order valence-electron chi connectivity index (χ1n) is 14.8. The Bertz CT molecular complexity index is 1400. The van der Waals surface area contributed by atoms with Crippen LogP contribution in [0.15, 0.2) is 42.5 Å². The number of ketones is 1. The van der Waals surface area contributed by atoms with E-state index in [1.807, 2.05) is 54.4 Å². The number of rotatable bonds is 11. The van der Waals surface area contributed by atoms with E-state index < -0.39 is 12.1 Å². The predicted molar refractivity (Wildman–Crippen MR) is 159 cm³/mol. The number of nitrogens with one attached hydrogen (secondary N) is 1. The van der Waals surface area contributed by atoms with Crippen LogP contribution in [0.4, 0.5) is 0 Å². The van der Waals surface area contributed by atoms with Crippen LogP contribution in [0.1, 0.15) is 36.8 Å². The zero-order chi connectivity index (χ0) is 29.6. The second-order valence-corrected chi connectivity index (χ2v) is 11.4. The lowest BCUT2D eigenvalue weighted by molar-refractivity contribution is -0.139. The Morgan fingerprint density at radius 2 is 1.81 bits per heavy atom. The molecule has 2 saturated heterocycles. The van der Waals surface area contributed by atoms with E-state index in [2.05, 4.69) is 15.6 Å². The van der Waals surface area contributed by atoms with E-state index in [0.717, 1.165) is 47.4 Å². The molecule has 2 aliphatic rings. The van der Waals surface area contributed by atoms with Gasteiger partial charge in [0.05, 0.1) is 24.7 Å². The summed E-state index contributed by atoms with van der Waals surface area (Å²) < 4.78 is 7.00. The number of hydrogen-bond donors (Lipinski definition) is 2. The van der Waals surface area contributed by atoms with Crippen LogP contribution >= 0.6 is 0 Å². The Hall–Kier alpha value is -3.83. The highest BCUT2D eigenvalue weighted by Gasteiger charge is 2.40. The second kappa shape index (κ2) is 13.4. The number of carbonyl (C=O) groups is 3. The number of carbonyl (C=O) groups excluding carboxylic acids is 3. The van der Waals surface area contributed by atoms with E-state index in [0.29, 0.717) is 38.9 Å². The first-order valence-corrected chi connectivity index (χ1v) is 14.8. The van der Waals surface area contributed by atoms with Crippen molar-refractivity contribution < 1.29 is 19.1 Å². The molecule has 3 aromatic rings. The number of fused-ring (bicyclic) bond motifs is 1. The van der Waals surface area contributed by atoms with Crippen molar-refractivity contribution in [2.24, 2.45) is 18.7 Å². The molecular formula is C31H41N7O4. The van der Waals surface area contributed by atoms with Gasteiger partial charge in [-0.25, -0.2) is 4.68 Å². The molecule has 0 saturated carbocycles. The number of benzene rings is 2. The molecule has 3 atom stereocenters. The second-order valence-electron chi connectivity index (χ2n) is 11.4. The lowest BCUT2D eigenvalue weighted by Gasteiger charge is -2.29. The van der Waals surface area contributed by atoms with Gasteiger partial charge >= 0.3 is 0 Å². The molecule has 0 bridgehead atoms. The number of hydrogen-bond acceptors (Lipinski definition) is 8. The summed E-state index contributed by atoms with van der Waals surface area (Å²) in [7, 11) is 3.48. The van der Waals surface area contributed by atoms with E-state index in [9.17, 15) is 14.4 Å². The number of Topliss-reactive ketones (excluding diaryl/α,β-unsaturated/α-hetero) is 1. The minimum Gasteiger partial charge on any atom is -0.497 e. The first-order chi connectivity index (χ1) is 20.3. The normalized spacial score (nSPS) is 19.7. The van der Waals surface area contributed by atoms with Gasteiger partial charge < -0.3 is 25.6 Å². The molecule has 5 rings (SSSR count). The molecule has 2 aromatic carbocycles. The van der Waals surface area contributed by atoms with Crippen molar-refractivity contribution in [2.75, 3.05) is 39.8 Å². The molecule has 42 heavy (non-hydrogen) atoms. The van der Waals surface area contributed by atoms with Crippen LogP contribution in [0.5, 0.6) is 5.75 Å². The monoisotopic (exact) mass is 575 g/mol. The molecule has 11 heteroatoms.